The van der Waals surface area contributed by atoms with Gasteiger partial charge in [0.2, 0.25) is 0 Å². The fraction of sp³-hybridized carbons (Fsp3) is 0.714. The lowest BCUT2D eigenvalue weighted by Crippen LogP contribution is -2.57. The molecule has 0 aliphatic rings. The first-order chi connectivity index (χ1) is 7.91. The average Bonchev–Trinajstić information content (AvgIpc) is 2.76. The first-order valence-electron chi connectivity index (χ1n) is 6.41. The molecule has 0 aromatic carbocycles. The quantitative estimate of drug-likeness (QED) is 0.843. The molecule has 1 unspecified atom stereocenters. The summed E-state index contributed by atoms with van der Waals surface area (Å²) < 4.78 is 0. The van der Waals surface area contributed by atoms with E-state index in [1.807, 2.05) is 11.3 Å². The van der Waals surface area contributed by atoms with Crippen molar-refractivity contribution < 1.29 is 0 Å². The zero-order valence-corrected chi connectivity index (χ0v) is 12.6. The molecule has 98 valence electrons. The number of nitrogens with two attached hydrogens (primary N) is 1. The standard InChI is InChI=1S/C14H26N2S/c1-11(2)14(5,10-15)16(12(3)4)9-13-7-6-8-17-13/h6-8,11-12H,9-10,15H2,1-5H3. The van der Waals surface area contributed by atoms with E-state index in [9.17, 15) is 0 Å². The third-order valence-electron chi connectivity index (χ3n) is 3.84. The second-order valence-corrected chi connectivity index (χ2v) is 6.55. The molecular formula is C14H26N2S. The minimum absolute atomic E-state index is 0.0676. The molecule has 2 nitrogen and oxygen atoms in total. The minimum Gasteiger partial charge on any atom is -0.329 e. The molecule has 2 N–H and O–H groups in total. The molecule has 0 radical (unpaired) electrons. The Kier molecular flexibility index (Phi) is 5.17. The van der Waals surface area contributed by atoms with Gasteiger partial charge in [-0.05, 0) is 38.1 Å². The highest BCUT2D eigenvalue weighted by Crippen LogP contribution is 2.28. The second-order valence-electron chi connectivity index (χ2n) is 5.52. The topological polar surface area (TPSA) is 29.3 Å². The summed E-state index contributed by atoms with van der Waals surface area (Å²) in [5, 5.41) is 2.14. The molecule has 0 saturated heterocycles. The highest BCUT2D eigenvalue weighted by molar-refractivity contribution is 7.09. The molecular weight excluding hydrogens is 228 g/mol. The van der Waals surface area contributed by atoms with Crippen molar-refractivity contribution in [3.63, 3.8) is 0 Å². The molecule has 1 rings (SSSR count). The van der Waals surface area contributed by atoms with Crippen LogP contribution in [0, 0.1) is 5.92 Å². The smallest absolute Gasteiger partial charge is 0.0336 e. The lowest BCUT2D eigenvalue weighted by Gasteiger charge is -2.46. The van der Waals surface area contributed by atoms with Gasteiger partial charge in [-0.25, -0.2) is 0 Å². The molecule has 0 aliphatic carbocycles. The summed E-state index contributed by atoms with van der Waals surface area (Å²) in [5.41, 5.74) is 6.10. The molecule has 0 aliphatic heterocycles. The van der Waals surface area contributed by atoms with Crippen molar-refractivity contribution in [1.82, 2.24) is 4.90 Å². The highest BCUT2D eigenvalue weighted by atomic mass is 32.1. The Labute approximate surface area is 110 Å². The van der Waals surface area contributed by atoms with Gasteiger partial charge in [0.05, 0.1) is 0 Å². The average molecular weight is 254 g/mol. The van der Waals surface area contributed by atoms with Gasteiger partial charge in [-0.3, -0.25) is 4.90 Å². The Balaban J connectivity index is 2.91. The summed E-state index contributed by atoms with van der Waals surface area (Å²) in [6, 6.07) is 4.83. The molecule has 17 heavy (non-hydrogen) atoms. The van der Waals surface area contributed by atoms with Gasteiger partial charge >= 0.3 is 0 Å². The van der Waals surface area contributed by atoms with Gasteiger partial charge in [-0.1, -0.05) is 19.9 Å². The van der Waals surface area contributed by atoms with Crippen LogP contribution in [0.1, 0.15) is 39.5 Å². The summed E-state index contributed by atoms with van der Waals surface area (Å²) in [6.07, 6.45) is 0. The van der Waals surface area contributed by atoms with Gasteiger partial charge < -0.3 is 5.73 Å². The maximum absolute atomic E-state index is 6.04. The van der Waals surface area contributed by atoms with Crippen molar-refractivity contribution in [2.45, 2.75) is 52.7 Å². The maximum Gasteiger partial charge on any atom is 0.0336 e. The van der Waals surface area contributed by atoms with Crippen LogP contribution in [0.2, 0.25) is 0 Å². The normalized spacial score (nSPS) is 15.8. The Hall–Kier alpha value is -0.380. The molecule has 1 aromatic heterocycles. The van der Waals surface area contributed by atoms with E-state index < -0.39 is 0 Å². The lowest BCUT2D eigenvalue weighted by atomic mass is 9.85. The number of thiophene rings is 1. The highest BCUT2D eigenvalue weighted by Gasteiger charge is 2.35. The third-order valence-corrected chi connectivity index (χ3v) is 4.70. The Morgan fingerprint density at radius 2 is 2.00 bits per heavy atom. The van der Waals surface area contributed by atoms with E-state index in [1.54, 1.807) is 0 Å². The van der Waals surface area contributed by atoms with Crippen molar-refractivity contribution in [3.05, 3.63) is 22.4 Å². The number of rotatable bonds is 6. The van der Waals surface area contributed by atoms with E-state index in [-0.39, 0.29) is 5.54 Å². The molecule has 0 fully saturated rings. The van der Waals surface area contributed by atoms with Gasteiger partial charge in [-0.15, -0.1) is 11.3 Å². The fourth-order valence-electron chi connectivity index (χ4n) is 2.21. The van der Waals surface area contributed by atoms with Crippen LogP contribution in [0.4, 0.5) is 0 Å². The van der Waals surface area contributed by atoms with Crippen LogP contribution >= 0.6 is 11.3 Å². The van der Waals surface area contributed by atoms with Gasteiger partial charge in [0.25, 0.3) is 0 Å². The molecule has 1 aromatic rings. The van der Waals surface area contributed by atoms with Gasteiger partial charge in [0.15, 0.2) is 0 Å². The van der Waals surface area contributed by atoms with Gasteiger partial charge in [0.1, 0.15) is 0 Å². The van der Waals surface area contributed by atoms with Gasteiger partial charge in [-0.2, -0.15) is 0 Å². The zero-order valence-electron chi connectivity index (χ0n) is 11.7. The van der Waals surface area contributed by atoms with E-state index in [0.29, 0.717) is 18.5 Å². The van der Waals surface area contributed by atoms with Crippen molar-refractivity contribution in [2.24, 2.45) is 11.7 Å². The van der Waals surface area contributed by atoms with E-state index in [0.717, 1.165) is 6.54 Å². The first kappa shape index (κ1) is 14.7. The van der Waals surface area contributed by atoms with Crippen LogP contribution in [-0.2, 0) is 6.54 Å². The largest absolute Gasteiger partial charge is 0.329 e. The van der Waals surface area contributed by atoms with Crippen molar-refractivity contribution in [1.29, 1.82) is 0 Å². The predicted octanol–water partition coefficient (Wildman–Crippen LogP) is 3.33. The van der Waals surface area contributed by atoms with E-state index in [1.165, 1.54) is 4.88 Å². The monoisotopic (exact) mass is 254 g/mol. The number of hydrogen-bond donors (Lipinski definition) is 1. The molecule has 0 amide bonds. The summed E-state index contributed by atoms with van der Waals surface area (Å²) in [5.74, 6) is 0.551. The lowest BCUT2D eigenvalue weighted by molar-refractivity contribution is 0.0316. The van der Waals surface area contributed by atoms with E-state index in [4.69, 9.17) is 5.73 Å². The van der Waals surface area contributed by atoms with Crippen LogP contribution in [0.25, 0.3) is 0 Å². The Morgan fingerprint density at radius 3 is 2.35 bits per heavy atom. The summed E-state index contributed by atoms with van der Waals surface area (Å²) in [7, 11) is 0. The summed E-state index contributed by atoms with van der Waals surface area (Å²) in [6.45, 7) is 13.0. The molecule has 0 bridgehead atoms. The molecule has 0 spiro atoms. The molecule has 1 atom stereocenters. The van der Waals surface area contributed by atoms with Crippen LogP contribution in [0.3, 0.4) is 0 Å². The number of nitrogens with zero attached hydrogens (tertiary/aromatic N) is 1. The Morgan fingerprint density at radius 1 is 1.35 bits per heavy atom. The van der Waals surface area contributed by atoms with Crippen molar-refractivity contribution >= 4 is 11.3 Å². The van der Waals surface area contributed by atoms with Crippen LogP contribution < -0.4 is 5.73 Å². The van der Waals surface area contributed by atoms with Crippen molar-refractivity contribution in [2.75, 3.05) is 6.54 Å². The minimum atomic E-state index is 0.0676. The molecule has 0 saturated carbocycles. The second kappa shape index (κ2) is 5.98. The van der Waals surface area contributed by atoms with Crippen LogP contribution in [0.5, 0.6) is 0 Å². The first-order valence-corrected chi connectivity index (χ1v) is 7.29. The fourth-order valence-corrected chi connectivity index (χ4v) is 2.91. The molecule has 3 heteroatoms. The van der Waals surface area contributed by atoms with Gasteiger partial charge in [0, 0.05) is 29.5 Å². The summed E-state index contributed by atoms with van der Waals surface area (Å²) in [4.78, 5) is 3.95. The van der Waals surface area contributed by atoms with E-state index in [2.05, 4.69) is 57.0 Å². The maximum atomic E-state index is 6.04. The van der Waals surface area contributed by atoms with Crippen LogP contribution in [-0.4, -0.2) is 23.0 Å². The Bertz CT molecular complexity index is 319. The van der Waals surface area contributed by atoms with Crippen LogP contribution in [0.15, 0.2) is 17.5 Å². The predicted molar refractivity (Wildman–Crippen MR) is 77.3 cm³/mol. The number of hydrogen-bond acceptors (Lipinski definition) is 3. The van der Waals surface area contributed by atoms with Crippen molar-refractivity contribution in [3.8, 4) is 0 Å². The van der Waals surface area contributed by atoms with E-state index >= 15 is 0 Å². The third kappa shape index (κ3) is 3.30. The molecule has 1 heterocycles. The SMILES string of the molecule is CC(C)N(Cc1cccs1)C(C)(CN)C(C)C. The zero-order chi connectivity index (χ0) is 13.1. The summed E-state index contributed by atoms with van der Waals surface area (Å²) >= 11 is 1.82.